The molecule has 0 spiro atoms. The molecular formula is C20H30N4O3. The van der Waals surface area contributed by atoms with Crippen LogP contribution in [0.15, 0.2) is 24.3 Å². The van der Waals surface area contributed by atoms with Crippen molar-refractivity contribution in [3.05, 3.63) is 29.8 Å². The van der Waals surface area contributed by atoms with Gasteiger partial charge in [0.1, 0.15) is 6.04 Å². The lowest BCUT2D eigenvalue weighted by Gasteiger charge is -2.39. The number of nitrogens with one attached hydrogen (secondary N) is 2. The van der Waals surface area contributed by atoms with Crippen molar-refractivity contribution in [2.45, 2.75) is 39.7 Å². The maximum Gasteiger partial charge on any atom is 0.322 e. The molecule has 1 saturated heterocycles. The van der Waals surface area contributed by atoms with Crippen molar-refractivity contribution in [3.8, 4) is 0 Å². The predicted octanol–water partition coefficient (Wildman–Crippen LogP) is 2.09. The van der Waals surface area contributed by atoms with Gasteiger partial charge in [-0.3, -0.25) is 9.59 Å². The molecule has 27 heavy (non-hydrogen) atoms. The molecule has 7 heteroatoms. The van der Waals surface area contributed by atoms with Crippen LogP contribution in [-0.4, -0.2) is 60.4 Å². The average Bonchev–Trinajstić information content (AvgIpc) is 2.64. The molecule has 1 atom stereocenters. The second-order valence-corrected chi connectivity index (χ2v) is 7.31. The Labute approximate surface area is 161 Å². The molecule has 1 aromatic rings. The zero-order valence-corrected chi connectivity index (χ0v) is 16.6. The molecule has 148 valence electrons. The van der Waals surface area contributed by atoms with Crippen LogP contribution in [0.4, 0.5) is 10.5 Å². The number of aryl methyl sites for hydroxylation is 1. The van der Waals surface area contributed by atoms with Gasteiger partial charge in [-0.1, -0.05) is 32.0 Å². The van der Waals surface area contributed by atoms with E-state index in [4.69, 9.17) is 0 Å². The molecule has 1 aliphatic heterocycles. The van der Waals surface area contributed by atoms with E-state index in [1.165, 1.54) is 0 Å². The lowest BCUT2D eigenvalue weighted by molar-refractivity contribution is -0.139. The number of hydrogen-bond acceptors (Lipinski definition) is 3. The lowest BCUT2D eigenvalue weighted by Crippen LogP contribution is -2.59. The second-order valence-electron chi connectivity index (χ2n) is 7.31. The highest BCUT2D eigenvalue weighted by Crippen LogP contribution is 2.20. The van der Waals surface area contributed by atoms with Crippen molar-refractivity contribution >= 4 is 23.5 Å². The number of nitrogens with zero attached hydrogens (tertiary/aromatic N) is 2. The quantitative estimate of drug-likeness (QED) is 0.800. The van der Waals surface area contributed by atoms with Crippen molar-refractivity contribution in [3.63, 3.8) is 0 Å². The van der Waals surface area contributed by atoms with Gasteiger partial charge in [0, 0.05) is 38.8 Å². The minimum absolute atomic E-state index is 0.0157. The molecule has 0 saturated carbocycles. The summed E-state index contributed by atoms with van der Waals surface area (Å²) in [6, 6.07) is 6.66. The number of piperazine rings is 1. The molecule has 0 aromatic heterocycles. The Morgan fingerprint density at radius 1 is 1.22 bits per heavy atom. The molecule has 0 unspecified atom stereocenters. The summed E-state index contributed by atoms with van der Waals surface area (Å²) in [6.07, 6.45) is 0.888. The fourth-order valence-electron chi connectivity index (χ4n) is 3.25. The molecule has 7 nitrogen and oxygen atoms in total. The standard InChI is InChI=1S/C20H30N4O3/c1-14(2)13-23-11-12-24(15(3)19(23)26)20(27)22-17-8-6-5-7-16(17)9-10-18(25)21-4/h5-8,14-15H,9-13H2,1-4H3,(H,21,25)(H,22,27)/t15-/m0/s1. The Morgan fingerprint density at radius 2 is 1.93 bits per heavy atom. The Kier molecular flexibility index (Phi) is 7.21. The van der Waals surface area contributed by atoms with E-state index in [9.17, 15) is 14.4 Å². The van der Waals surface area contributed by atoms with Crippen LogP contribution in [0.5, 0.6) is 0 Å². The Balaban J connectivity index is 2.03. The molecule has 4 amide bonds. The predicted molar refractivity (Wildman–Crippen MR) is 105 cm³/mol. The molecule has 0 bridgehead atoms. The third-order valence-corrected chi connectivity index (χ3v) is 4.75. The van der Waals surface area contributed by atoms with Crippen molar-refractivity contribution < 1.29 is 14.4 Å². The van der Waals surface area contributed by atoms with Gasteiger partial charge in [0.15, 0.2) is 0 Å². The van der Waals surface area contributed by atoms with Crippen LogP contribution in [-0.2, 0) is 16.0 Å². The largest absolute Gasteiger partial charge is 0.359 e. The van der Waals surface area contributed by atoms with Gasteiger partial charge in [0.2, 0.25) is 11.8 Å². The number of amides is 4. The highest BCUT2D eigenvalue weighted by molar-refractivity contribution is 5.95. The minimum atomic E-state index is -0.490. The van der Waals surface area contributed by atoms with Gasteiger partial charge in [0.05, 0.1) is 0 Å². The van der Waals surface area contributed by atoms with Crippen molar-refractivity contribution in [1.82, 2.24) is 15.1 Å². The first-order valence-electron chi connectivity index (χ1n) is 9.48. The monoisotopic (exact) mass is 374 g/mol. The normalized spacial score (nSPS) is 17.2. The average molecular weight is 374 g/mol. The van der Waals surface area contributed by atoms with Crippen LogP contribution in [0.25, 0.3) is 0 Å². The third kappa shape index (κ3) is 5.45. The third-order valence-electron chi connectivity index (χ3n) is 4.75. The zero-order chi connectivity index (χ0) is 20.0. The number of benzene rings is 1. The molecule has 2 N–H and O–H groups in total. The van der Waals surface area contributed by atoms with Crippen molar-refractivity contribution in [1.29, 1.82) is 0 Å². The summed E-state index contributed by atoms with van der Waals surface area (Å²) in [7, 11) is 1.60. The van der Waals surface area contributed by atoms with Crippen LogP contribution >= 0.6 is 0 Å². The van der Waals surface area contributed by atoms with Crippen LogP contribution in [0.3, 0.4) is 0 Å². The molecule has 1 aromatic carbocycles. The first-order valence-corrected chi connectivity index (χ1v) is 9.48. The van der Waals surface area contributed by atoms with Gasteiger partial charge in [-0.05, 0) is 30.9 Å². The highest BCUT2D eigenvalue weighted by Gasteiger charge is 2.34. The molecule has 1 aliphatic rings. The summed E-state index contributed by atoms with van der Waals surface area (Å²) < 4.78 is 0. The van der Waals surface area contributed by atoms with Gasteiger partial charge >= 0.3 is 6.03 Å². The summed E-state index contributed by atoms with van der Waals surface area (Å²) in [5, 5.41) is 5.51. The van der Waals surface area contributed by atoms with Gasteiger partial charge in [-0.25, -0.2) is 4.79 Å². The number of anilines is 1. The fourth-order valence-corrected chi connectivity index (χ4v) is 3.25. The maximum atomic E-state index is 12.8. The highest BCUT2D eigenvalue weighted by atomic mass is 16.2. The van der Waals surface area contributed by atoms with Crippen molar-refractivity contribution in [2.75, 3.05) is 32.0 Å². The first kappa shape index (κ1) is 20.7. The minimum Gasteiger partial charge on any atom is -0.359 e. The van der Waals surface area contributed by atoms with E-state index in [0.717, 1.165) is 5.56 Å². The van der Waals surface area contributed by atoms with E-state index in [2.05, 4.69) is 24.5 Å². The Bertz CT molecular complexity index is 690. The second kappa shape index (κ2) is 9.39. The first-order chi connectivity index (χ1) is 12.8. The molecule has 0 radical (unpaired) electrons. The van der Waals surface area contributed by atoms with E-state index < -0.39 is 6.04 Å². The summed E-state index contributed by atoms with van der Waals surface area (Å²) in [4.78, 5) is 40.2. The summed E-state index contributed by atoms with van der Waals surface area (Å²) in [5.74, 6) is 0.336. The fraction of sp³-hybridized carbons (Fsp3) is 0.550. The smallest absolute Gasteiger partial charge is 0.322 e. The maximum absolute atomic E-state index is 12.8. The number of urea groups is 1. The SMILES string of the molecule is CNC(=O)CCc1ccccc1NC(=O)N1CCN(CC(C)C)C(=O)[C@@H]1C. The van der Waals surface area contributed by atoms with E-state index in [1.807, 2.05) is 29.2 Å². The van der Waals surface area contributed by atoms with Gasteiger partial charge in [-0.2, -0.15) is 0 Å². The molecule has 0 aliphatic carbocycles. The number of hydrogen-bond donors (Lipinski definition) is 2. The molecular weight excluding hydrogens is 344 g/mol. The van der Waals surface area contributed by atoms with Crippen LogP contribution in [0.2, 0.25) is 0 Å². The van der Waals surface area contributed by atoms with Crippen LogP contribution in [0.1, 0.15) is 32.8 Å². The molecule has 1 heterocycles. The van der Waals surface area contributed by atoms with E-state index in [1.54, 1.807) is 18.9 Å². The Hall–Kier alpha value is -2.57. The molecule has 2 rings (SSSR count). The van der Waals surface area contributed by atoms with Gasteiger partial charge < -0.3 is 20.4 Å². The number of carbonyl (C=O) groups excluding carboxylic acids is 3. The van der Waals surface area contributed by atoms with Gasteiger partial charge in [0.25, 0.3) is 0 Å². The summed E-state index contributed by atoms with van der Waals surface area (Å²) in [6.45, 7) is 7.69. The zero-order valence-electron chi connectivity index (χ0n) is 16.6. The van der Waals surface area contributed by atoms with Crippen LogP contribution in [0, 0.1) is 5.92 Å². The van der Waals surface area contributed by atoms with E-state index in [-0.39, 0.29) is 17.8 Å². The number of rotatable bonds is 6. The number of carbonyl (C=O) groups is 3. The van der Waals surface area contributed by atoms with E-state index in [0.29, 0.717) is 44.1 Å². The topological polar surface area (TPSA) is 81.8 Å². The van der Waals surface area contributed by atoms with Crippen molar-refractivity contribution in [2.24, 2.45) is 5.92 Å². The van der Waals surface area contributed by atoms with Crippen LogP contribution < -0.4 is 10.6 Å². The van der Waals surface area contributed by atoms with Gasteiger partial charge in [-0.15, -0.1) is 0 Å². The number of para-hydroxylation sites is 1. The summed E-state index contributed by atoms with van der Waals surface area (Å²) >= 11 is 0. The summed E-state index contributed by atoms with van der Waals surface area (Å²) in [5.41, 5.74) is 1.57. The Morgan fingerprint density at radius 3 is 2.59 bits per heavy atom. The van der Waals surface area contributed by atoms with E-state index >= 15 is 0 Å². The lowest BCUT2D eigenvalue weighted by atomic mass is 10.1. The molecule has 1 fully saturated rings.